The van der Waals surface area contributed by atoms with E-state index in [1.807, 2.05) is 30.5 Å². The largest absolute Gasteiger partial charge is 0.337 e. The normalized spacial score (nSPS) is 16.4. The van der Waals surface area contributed by atoms with Crippen molar-refractivity contribution in [3.63, 3.8) is 0 Å². The Morgan fingerprint density at radius 3 is 2.46 bits per heavy atom. The van der Waals surface area contributed by atoms with Crippen LogP contribution in [0, 0.1) is 5.82 Å². The molecule has 2 aliphatic heterocycles. The van der Waals surface area contributed by atoms with Gasteiger partial charge in [0.1, 0.15) is 18.2 Å². The van der Waals surface area contributed by atoms with Gasteiger partial charge in [-0.25, -0.2) is 9.37 Å². The minimum Gasteiger partial charge on any atom is -0.337 e. The Bertz CT molecular complexity index is 1460. The number of likely N-dealkylation sites (tertiary alicyclic amines) is 1. The fourth-order valence-electron chi connectivity index (χ4n) is 4.85. The predicted molar refractivity (Wildman–Crippen MR) is 152 cm³/mol. The molecule has 0 amide bonds. The summed E-state index contributed by atoms with van der Waals surface area (Å²) in [7, 11) is 2.09. The zero-order chi connectivity index (χ0) is 27.7. The van der Waals surface area contributed by atoms with Crippen molar-refractivity contribution in [3.05, 3.63) is 106 Å². The third-order valence-electron chi connectivity index (χ3n) is 7.32. The van der Waals surface area contributed by atoms with E-state index in [1.54, 1.807) is 30.3 Å². The third kappa shape index (κ3) is 6.04. The molecular formula is C32H33FN4O2. The average molecular weight is 525 g/mol. The van der Waals surface area contributed by atoms with Gasteiger partial charge in [0.05, 0.1) is 11.4 Å². The summed E-state index contributed by atoms with van der Waals surface area (Å²) in [5, 5.41) is 3.12. The SMILES string of the molecule is CN1CC(c2ccc(NC3=CC(c4ccc(F)c(CC(=O)c5ccc(C(C)(C)C)cc5)c4)=NCC3=O)nc2)C1. The fraction of sp³-hybridized carbons (Fsp3) is 0.312. The zero-order valence-electron chi connectivity index (χ0n) is 22.8. The van der Waals surface area contributed by atoms with E-state index in [9.17, 15) is 14.0 Å². The minimum absolute atomic E-state index is 0.0157. The van der Waals surface area contributed by atoms with Gasteiger partial charge in [-0.15, -0.1) is 0 Å². The number of likely N-dealkylation sites (N-methyl/N-ethyl adjacent to an activating group) is 1. The van der Waals surface area contributed by atoms with Crippen molar-refractivity contribution in [3.8, 4) is 0 Å². The first-order valence-electron chi connectivity index (χ1n) is 13.2. The van der Waals surface area contributed by atoms with E-state index < -0.39 is 5.82 Å². The second-order valence-electron chi connectivity index (χ2n) is 11.4. The molecule has 0 atom stereocenters. The van der Waals surface area contributed by atoms with Gasteiger partial charge in [0.15, 0.2) is 11.6 Å². The number of aliphatic imine (C=N–C) groups is 1. The van der Waals surface area contributed by atoms with E-state index in [0.29, 0.717) is 39.8 Å². The molecule has 0 spiro atoms. The Morgan fingerprint density at radius 2 is 1.82 bits per heavy atom. The summed E-state index contributed by atoms with van der Waals surface area (Å²) in [6, 6.07) is 16.0. The van der Waals surface area contributed by atoms with Crippen LogP contribution in [0.3, 0.4) is 0 Å². The number of nitrogens with one attached hydrogen (secondary N) is 1. The van der Waals surface area contributed by atoms with Gasteiger partial charge in [-0.2, -0.15) is 0 Å². The molecule has 5 rings (SSSR count). The second-order valence-corrected chi connectivity index (χ2v) is 11.4. The molecule has 0 radical (unpaired) electrons. The van der Waals surface area contributed by atoms with Crippen LogP contribution in [-0.4, -0.2) is 53.8 Å². The Hall–Kier alpha value is -3.97. The van der Waals surface area contributed by atoms with Crippen molar-refractivity contribution in [2.45, 2.75) is 38.5 Å². The molecule has 1 N–H and O–H groups in total. The van der Waals surface area contributed by atoms with Crippen LogP contribution in [0.15, 0.2) is 77.6 Å². The number of allylic oxidation sites excluding steroid dienone is 1. The lowest BCUT2D eigenvalue weighted by Crippen LogP contribution is -2.41. The maximum absolute atomic E-state index is 14.7. The van der Waals surface area contributed by atoms with E-state index >= 15 is 0 Å². The molecule has 39 heavy (non-hydrogen) atoms. The molecule has 0 saturated carbocycles. The highest BCUT2D eigenvalue weighted by Gasteiger charge is 2.25. The number of halogens is 1. The van der Waals surface area contributed by atoms with Crippen molar-refractivity contribution >= 4 is 23.1 Å². The number of carbonyl (C=O) groups is 2. The number of nitrogens with zero attached hydrogens (tertiary/aromatic N) is 3. The molecule has 7 heteroatoms. The molecule has 1 aromatic heterocycles. The maximum atomic E-state index is 14.7. The van der Waals surface area contributed by atoms with Crippen molar-refractivity contribution in [1.82, 2.24) is 9.88 Å². The van der Waals surface area contributed by atoms with E-state index in [1.165, 1.54) is 11.6 Å². The Labute approximate surface area is 228 Å². The van der Waals surface area contributed by atoms with E-state index in [-0.39, 0.29) is 29.9 Å². The van der Waals surface area contributed by atoms with Crippen LogP contribution in [0.25, 0.3) is 0 Å². The molecule has 3 aromatic rings. The molecule has 2 aliphatic rings. The topological polar surface area (TPSA) is 74.7 Å². The summed E-state index contributed by atoms with van der Waals surface area (Å²) in [5.74, 6) is 0.313. The van der Waals surface area contributed by atoms with E-state index in [0.717, 1.165) is 18.7 Å². The van der Waals surface area contributed by atoms with Gasteiger partial charge in [-0.05, 0) is 59.5 Å². The molecule has 1 fully saturated rings. The molecule has 0 unspecified atom stereocenters. The van der Waals surface area contributed by atoms with Gasteiger partial charge in [-0.3, -0.25) is 14.6 Å². The first-order valence-corrected chi connectivity index (χ1v) is 13.2. The zero-order valence-corrected chi connectivity index (χ0v) is 22.8. The molecule has 1 saturated heterocycles. The van der Waals surface area contributed by atoms with Gasteiger partial charge in [0, 0.05) is 42.8 Å². The highest BCUT2D eigenvalue weighted by atomic mass is 19.1. The number of pyridine rings is 1. The van der Waals surface area contributed by atoms with E-state index in [4.69, 9.17) is 0 Å². The summed E-state index contributed by atoms with van der Waals surface area (Å²) >= 11 is 0. The van der Waals surface area contributed by atoms with E-state index in [2.05, 4.69) is 48.0 Å². The summed E-state index contributed by atoms with van der Waals surface area (Å²) in [4.78, 5) is 36.7. The molecule has 0 bridgehead atoms. The van der Waals surface area contributed by atoms with Gasteiger partial charge in [-0.1, -0.05) is 51.1 Å². The maximum Gasteiger partial charge on any atom is 0.200 e. The summed E-state index contributed by atoms with van der Waals surface area (Å²) in [6.45, 7) is 8.36. The fourth-order valence-corrected chi connectivity index (χ4v) is 4.85. The van der Waals surface area contributed by atoms with Gasteiger partial charge >= 0.3 is 0 Å². The van der Waals surface area contributed by atoms with Gasteiger partial charge < -0.3 is 10.2 Å². The predicted octanol–water partition coefficient (Wildman–Crippen LogP) is 5.34. The monoisotopic (exact) mass is 524 g/mol. The lowest BCUT2D eigenvalue weighted by Gasteiger charge is -2.36. The number of dihydropyridines is 1. The lowest BCUT2D eigenvalue weighted by atomic mass is 9.86. The number of carbonyl (C=O) groups excluding carboxylic acids is 2. The van der Waals surface area contributed by atoms with Crippen molar-refractivity contribution < 1.29 is 14.0 Å². The van der Waals surface area contributed by atoms with Crippen molar-refractivity contribution in [2.75, 3.05) is 32.0 Å². The molecule has 3 heterocycles. The molecule has 200 valence electrons. The van der Waals surface area contributed by atoms with Crippen LogP contribution in [0.1, 0.15) is 59.3 Å². The number of Topliss-reactive ketones (excluding diaryl/α,β-unsaturated/α-hetero) is 2. The molecular weight excluding hydrogens is 491 g/mol. The highest BCUT2D eigenvalue weighted by Crippen LogP contribution is 2.26. The molecule has 6 nitrogen and oxygen atoms in total. The van der Waals surface area contributed by atoms with Crippen LogP contribution < -0.4 is 5.32 Å². The third-order valence-corrected chi connectivity index (χ3v) is 7.32. The minimum atomic E-state index is -0.449. The summed E-state index contributed by atoms with van der Waals surface area (Å²) in [6.07, 6.45) is 3.44. The summed E-state index contributed by atoms with van der Waals surface area (Å²) < 4.78 is 14.7. The molecule has 2 aromatic carbocycles. The highest BCUT2D eigenvalue weighted by molar-refractivity contribution is 6.17. The number of hydrogen-bond acceptors (Lipinski definition) is 6. The van der Waals surface area contributed by atoms with Gasteiger partial charge in [0.2, 0.25) is 0 Å². The number of anilines is 1. The van der Waals surface area contributed by atoms with Crippen molar-refractivity contribution in [2.24, 2.45) is 4.99 Å². The summed E-state index contributed by atoms with van der Waals surface area (Å²) in [5.41, 5.74) is 4.71. The standard InChI is InChI=1S/C32H33FN4O2/c1-32(2,3)25-9-5-20(6-10-25)29(38)14-23-13-21(7-11-26(23)33)27-15-28(30(39)17-34-27)36-31-12-8-22(16-35-31)24-18-37(4)19-24/h5-13,15-16,24H,14,17-19H2,1-4H3,(H,35,36). The van der Waals surface area contributed by atoms with Crippen LogP contribution in [0.4, 0.5) is 10.2 Å². The van der Waals surface area contributed by atoms with Crippen molar-refractivity contribution in [1.29, 1.82) is 0 Å². The van der Waals surface area contributed by atoms with Crippen LogP contribution in [0.2, 0.25) is 0 Å². The Balaban J connectivity index is 1.30. The number of hydrogen-bond donors (Lipinski definition) is 1. The lowest BCUT2D eigenvalue weighted by molar-refractivity contribution is -0.114. The first-order chi connectivity index (χ1) is 18.6. The molecule has 0 aliphatic carbocycles. The smallest absolute Gasteiger partial charge is 0.200 e. The van der Waals surface area contributed by atoms with Crippen LogP contribution in [-0.2, 0) is 16.6 Å². The average Bonchev–Trinajstić information content (AvgIpc) is 2.89. The van der Waals surface area contributed by atoms with Crippen LogP contribution in [0.5, 0.6) is 0 Å². The first kappa shape index (κ1) is 26.6. The number of aromatic nitrogens is 1. The van der Waals surface area contributed by atoms with Gasteiger partial charge in [0.25, 0.3) is 0 Å². The van der Waals surface area contributed by atoms with Crippen LogP contribution >= 0.6 is 0 Å². The number of rotatable bonds is 7. The Kier molecular flexibility index (Phi) is 7.28. The number of ketones is 2. The number of benzene rings is 2. The quantitative estimate of drug-likeness (QED) is 0.423. The second kappa shape index (κ2) is 10.7. The Morgan fingerprint density at radius 1 is 1.08 bits per heavy atom.